The first-order valence-electron chi connectivity index (χ1n) is 9.25. The van der Waals surface area contributed by atoms with Gasteiger partial charge in [0.2, 0.25) is 10.5 Å². The zero-order valence-electron chi connectivity index (χ0n) is 20.0. The number of ether oxygens (including phenoxy) is 2. The van der Waals surface area contributed by atoms with Crippen molar-refractivity contribution in [2.75, 3.05) is 14.2 Å². The van der Waals surface area contributed by atoms with Crippen molar-refractivity contribution in [1.29, 1.82) is 0 Å². The van der Waals surface area contributed by atoms with Crippen molar-refractivity contribution >= 4 is 45.6 Å². The standard InChI is InChI=1S/C7H14O2.C6H11ClO.C5H8O2.C4H5ClO/c1-5-7(2,3)6(8)9-4;1-4-6(2,3)5(7)8;1-4(2)5(6)7-3;1-3(2)4(5)6/h5H2,1-4H3;4H2,1-3H3;1H2,2-3H3;1H2,2H3. The summed E-state index contributed by atoms with van der Waals surface area (Å²) in [5, 5.41) is -0.713. The van der Waals surface area contributed by atoms with Crippen molar-refractivity contribution in [1.82, 2.24) is 0 Å². The second-order valence-corrected chi connectivity index (χ2v) is 8.25. The molecule has 8 heteroatoms. The van der Waals surface area contributed by atoms with Crippen molar-refractivity contribution in [3.05, 3.63) is 24.3 Å². The number of hydrogen-bond donors (Lipinski definition) is 0. The number of carbonyl (C=O) groups excluding carboxylic acids is 4. The lowest BCUT2D eigenvalue weighted by atomic mass is 9.91. The van der Waals surface area contributed by atoms with Gasteiger partial charge in [-0.05, 0) is 63.7 Å². The van der Waals surface area contributed by atoms with E-state index in [0.717, 1.165) is 12.8 Å². The molecule has 0 aromatic rings. The van der Waals surface area contributed by atoms with Crippen LogP contribution in [0.4, 0.5) is 0 Å². The lowest BCUT2D eigenvalue weighted by molar-refractivity contribution is -0.150. The molecule has 0 saturated carbocycles. The van der Waals surface area contributed by atoms with Crippen LogP contribution in [-0.2, 0) is 28.7 Å². The highest BCUT2D eigenvalue weighted by atomic mass is 35.5. The number of carbonyl (C=O) groups is 4. The predicted molar refractivity (Wildman–Crippen MR) is 124 cm³/mol. The molecule has 0 heterocycles. The van der Waals surface area contributed by atoms with Crippen LogP contribution < -0.4 is 0 Å². The molecule has 0 fully saturated rings. The SMILES string of the molecule is C=C(C)C(=O)Cl.C=C(C)C(=O)OC.CCC(C)(C)C(=O)Cl.CCC(C)(C)C(=O)OC. The fourth-order valence-electron chi connectivity index (χ4n) is 0.734. The van der Waals surface area contributed by atoms with Gasteiger partial charge in [-0.2, -0.15) is 0 Å². The summed E-state index contributed by atoms with van der Waals surface area (Å²) < 4.78 is 8.84. The Bertz CT molecular complexity index is 580. The number of allylic oxidation sites excluding steroid dienone is 1. The van der Waals surface area contributed by atoms with Crippen molar-refractivity contribution in [3.63, 3.8) is 0 Å². The quantitative estimate of drug-likeness (QED) is 0.276. The number of halogens is 2. The van der Waals surface area contributed by atoms with Gasteiger partial charge in [0.15, 0.2) is 0 Å². The van der Waals surface area contributed by atoms with Crippen LogP contribution in [-0.4, -0.2) is 36.6 Å². The number of hydrogen-bond acceptors (Lipinski definition) is 6. The molecule has 0 unspecified atom stereocenters. The van der Waals surface area contributed by atoms with Crippen molar-refractivity contribution in [3.8, 4) is 0 Å². The van der Waals surface area contributed by atoms with Crippen LogP contribution >= 0.6 is 23.2 Å². The highest BCUT2D eigenvalue weighted by Crippen LogP contribution is 2.22. The van der Waals surface area contributed by atoms with Gasteiger partial charge in [-0.15, -0.1) is 0 Å². The van der Waals surface area contributed by atoms with Crippen LogP contribution in [0.15, 0.2) is 24.3 Å². The fraction of sp³-hybridized carbons (Fsp3) is 0.636. The Morgan fingerprint density at radius 2 is 1.10 bits per heavy atom. The van der Waals surface area contributed by atoms with Crippen LogP contribution in [0.3, 0.4) is 0 Å². The minimum Gasteiger partial charge on any atom is -0.469 e. The first-order valence-corrected chi connectivity index (χ1v) is 10.0. The molecular weight excluding hydrogens is 431 g/mol. The van der Waals surface area contributed by atoms with E-state index in [-0.39, 0.29) is 28.0 Å². The molecule has 0 amide bonds. The molecule has 0 aliphatic heterocycles. The molecule has 0 aliphatic rings. The molecule has 6 nitrogen and oxygen atoms in total. The maximum atomic E-state index is 10.8. The minimum absolute atomic E-state index is 0.134. The molecule has 0 saturated heterocycles. The highest BCUT2D eigenvalue weighted by molar-refractivity contribution is 6.67. The predicted octanol–water partition coefficient (Wildman–Crippen LogP) is 5.85. The van der Waals surface area contributed by atoms with Crippen LogP contribution in [0.2, 0.25) is 0 Å². The summed E-state index contributed by atoms with van der Waals surface area (Å²) in [5.74, 6) is -0.481. The molecule has 0 atom stereocenters. The maximum Gasteiger partial charge on any atom is 0.332 e. The topological polar surface area (TPSA) is 86.7 Å². The van der Waals surface area contributed by atoms with Gasteiger partial charge in [-0.3, -0.25) is 14.4 Å². The molecule has 0 N–H and O–H groups in total. The zero-order chi connectivity index (χ0) is 25.3. The van der Waals surface area contributed by atoms with Gasteiger partial charge in [0.05, 0.1) is 19.6 Å². The van der Waals surface area contributed by atoms with Gasteiger partial charge in [0.25, 0.3) is 0 Å². The Morgan fingerprint density at radius 3 is 1.13 bits per heavy atom. The molecule has 0 aliphatic carbocycles. The van der Waals surface area contributed by atoms with Crippen molar-refractivity contribution in [2.45, 2.75) is 68.2 Å². The second-order valence-electron chi connectivity index (χ2n) is 7.57. The third-order valence-electron chi connectivity index (χ3n) is 3.91. The van der Waals surface area contributed by atoms with Crippen molar-refractivity contribution in [2.24, 2.45) is 10.8 Å². The third-order valence-corrected chi connectivity index (χ3v) is 4.74. The lowest BCUT2D eigenvalue weighted by Gasteiger charge is -2.17. The summed E-state index contributed by atoms with van der Waals surface area (Å²) in [6, 6.07) is 0. The van der Waals surface area contributed by atoms with Crippen LogP contribution in [0.1, 0.15) is 68.2 Å². The van der Waals surface area contributed by atoms with Gasteiger partial charge in [0, 0.05) is 16.6 Å². The van der Waals surface area contributed by atoms with E-state index in [9.17, 15) is 19.2 Å². The molecular formula is C22H38Cl2O6. The van der Waals surface area contributed by atoms with Gasteiger partial charge >= 0.3 is 11.9 Å². The molecule has 176 valence electrons. The summed E-state index contributed by atoms with van der Waals surface area (Å²) in [7, 11) is 2.75. The molecule has 0 radical (unpaired) electrons. The van der Waals surface area contributed by atoms with Gasteiger partial charge in [0.1, 0.15) is 0 Å². The molecule has 0 bridgehead atoms. The first kappa shape index (κ1) is 35.8. The summed E-state index contributed by atoms with van der Waals surface area (Å²) >= 11 is 10.1. The normalized spacial score (nSPS) is 9.73. The van der Waals surface area contributed by atoms with Gasteiger partial charge in [-0.1, -0.05) is 40.9 Å². The summed E-state index contributed by atoms with van der Waals surface area (Å²) in [6.45, 7) is 21.1. The first-order chi connectivity index (χ1) is 13.4. The van der Waals surface area contributed by atoms with E-state index in [4.69, 9.17) is 23.2 Å². The van der Waals surface area contributed by atoms with Crippen molar-refractivity contribution < 1.29 is 28.7 Å². The van der Waals surface area contributed by atoms with Crippen LogP contribution in [0.25, 0.3) is 0 Å². The zero-order valence-corrected chi connectivity index (χ0v) is 21.5. The largest absolute Gasteiger partial charge is 0.469 e. The Morgan fingerprint density at radius 1 is 0.767 bits per heavy atom. The maximum absolute atomic E-state index is 10.8. The molecule has 0 aromatic carbocycles. The van der Waals surface area contributed by atoms with E-state index in [0.29, 0.717) is 11.1 Å². The van der Waals surface area contributed by atoms with Crippen LogP contribution in [0, 0.1) is 10.8 Å². The molecule has 30 heavy (non-hydrogen) atoms. The summed E-state index contributed by atoms with van der Waals surface area (Å²) in [4.78, 5) is 41.3. The summed E-state index contributed by atoms with van der Waals surface area (Å²) in [6.07, 6.45) is 1.62. The Kier molecular flexibility index (Phi) is 21.6. The van der Waals surface area contributed by atoms with E-state index in [1.807, 2.05) is 41.5 Å². The molecule has 0 rings (SSSR count). The Hall–Kier alpha value is -1.66. The lowest BCUT2D eigenvalue weighted by Crippen LogP contribution is -2.24. The summed E-state index contributed by atoms with van der Waals surface area (Å²) in [5.41, 5.74) is 0.176. The van der Waals surface area contributed by atoms with E-state index in [1.165, 1.54) is 14.2 Å². The average molecular weight is 469 g/mol. The third kappa shape index (κ3) is 21.1. The van der Waals surface area contributed by atoms with E-state index in [2.05, 4.69) is 22.6 Å². The minimum atomic E-state index is -0.463. The molecule has 0 spiro atoms. The number of rotatable bonds is 6. The van der Waals surface area contributed by atoms with Crippen LogP contribution in [0.5, 0.6) is 0 Å². The highest BCUT2D eigenvalue weighted by Gasteiger charge is 2.25. The fourth-order valence-corrected chi connectivity index (χ4v) is 0.867. The average Bonchev–Trinajstić information content (AvgIpc) is 2.67. The number of esters is 2. The van der Waals surface area contributed by atoms with Gasteiger partial charge < -0.3 is 9.47 Å². The molecule has 0 aromatic heterocycles. The van der Waals surface area contributed by atoms with E-state index in [1.54, 1.807) is 13.8 Å². The number of methoxy groups -OCH3 is 2. The Labute approximate surface area is 192 Å². The second kappa shape index (κ2) is 18.1. The smallest absolute Gasteiger partial charge is 0.332 e. The van der Waals surface area contributed by atoms with E-state index >= 15 is 0 Å². The monoisotopic (exact) mass is 468 g/mol. The van der Waals surface area contributed by atoms with E-state index < -0.39 is 5.24 Å². The Balaban J connectivity index is -0.000000152. The van der Waals surface area contributed by atoms with Gasteiger partial charge in [-0.25, -0.2) is 4.79 Å².